The lowest BCUT2D eigenvalue weighted by molar-refractivity contribution is 0.102. The lowest BCUT2D eigenvalue weighted by atomic mass is 10.1. The Hall–Kier alpha value is -3.00. The second-order valence-corrected chi connectivity index (χ2v) is 7.02. The van der Waals surface area contributed by atoms with Crippen LogP contribution in [0.15, 0.2) is 41.3 Å². The SMILES string of the molecule is CCN1CCC(n2nccc2NC(=O)c2cc(=O)[nH]c3cc(F)ccc23)CC1. The zero-order valence-electron chi connectivity index (χ0n) is 15.6. The van der Waals surface area contributed by atoms with Crippen molar-refractivity contribution in [3.63, 3.8) is 0 Å². The lowest BCUT2D eigenvalue weighted by Gasteiger charge is -2.31. The predicted molar refractivity (Wildman–Crippen MR) is 105 cm³/mol. The summed E-state index contributed by atoms with van der Waals surface area (Å²) in [6, 6.07) is 7.17. The normalized spacial score (nSPS) is 15.8. The Balaban J connectivity index is 1.60. The smallest absolute Gasteiger partial charge is 0.257 e. The van der Waals surface area contributed by atoms with Crippen LogP contribution >= 0.6 is 0 Å². The number of hydrogen-bond acceptors (Lipinski definition) is 4. The van der Waals surface area contributed by atoms with E-state index in [1.54, 1.807) is 12.3 Å². The van der Waals surface area contributed by atoms with Gasteiger partial charge in [-0.1, -0.05) is 6.92 Å². The Morgan fingerprint density at radius 3 is 2.82 bits per heavy atom. The molecule has 0 radical (unpaired) electrons. The van der Waals surface area contributed by atoms with E-state index in [0.717, 1.165) is 32.5 Å². The summed E-state index contributed by atoms with van der Waals surface area (Å²) >= 11 is 0. The van der Waals surface area contributed by atoms with Gasteiger partial charge in [-0.2, -0.15) is 5.10 Å². The van der Waals surface area contributed by atoms with Gasteiger partial charge in [-0.05, 0) is 37.6 Å². The highest BCUT2D eigenvalue weighted by Gasteiger charge is 2.23. The van der Waals surface area contributed by atoms with Gasteiger partial charge in [0.25, 0.3) is 5.91 Å². The topological polar surface area (TPSA) is 83.0 Å². The first-order valence-corrected chi connectivity index (χ1v) is 9.45. The third-order valence-electron chi connectivity index (χ3n) is 5.31. The predicted octanol–water partition coefficient (Wildman–Crippen LogP) is 2.77. The number of fused-ring (bicyclic) bond motifs is 1. The fourth-order valence-corrected chi connectivity index (χ4v) is 3.79. The molecule has 1 aliphatic rings. The second kappa shape index (κ2) is 7.55. The van der Waals surface area contributed by atoms with Crippen molar-refractivity contribution in [2.75, 3.05) is 25.0 Å². The zero-order chi connectivity index (χ0) is 19.7. The molecular formula is C20H22FN5O2. The van der Waals surface area contributed by atoms with Crippen LogP contribution in [0.2, 0.25) is 0 Å². The molecule has 8 heteroatoms. The largest absolute Gasteiger partial charge is 0.322 e. The van der Waals surface area contributed by atoms with Gasteiger partial charge in [0.05, 0.1) is 23.3 Å². The molecule has 146 valence electrons. The maximum atomic E-state index is 13.5. The Kier molecular flexibility index (Phi) is 4.95. The summed E-state index contributed by atoms with van der Waals surface area (Å²) < 4.78 is 15.3. The fraction of sp³-hybridized carbons (Fsp3) is 0.350. The number of anilines is 1. The minimum atomic E-state index is -0.475. The number of hydrogen-bond donors (Lipinski definition) is 2. The molecule has 1 aromatic carbocycles. The number of aromatic amines is 1. The highest BCUT2D eigenvalue weighted by Crippen LogP contribution is 2.26. The van der Waals surface area contributed by atoms with Crippen molar-refractivity contribution in [3.05, 3.63) is 58.3 Å². The van der Waals surface area contributed by atoms with Crippen LogP contribution in [0.25, 0.3) is 10.9 Å². The molecule has 7 nitrogen and oxygen atoms in total. The van der Waals surface area contributed by atoms with Gasteiger partial charge in [-0.15, -0.1) is 0 Å². The highest BCUT2D eigenvalue weighted by atomic mass is 19.1. The third kappa shape index (κ3) is 3.55. The molecule has 0 aliphatic carbocycles. The molecule has 2 N–H and O–H groups in total. The van der Waals surface area contributed by atoms with Gasteiger partial charge in [0, 0.05) is 30.6 Å². The van der Waals surface area contributed by atoms with E-state index in [4.69, 9.17) is 0 Å². The number of piperidine rings is 1. The molecule has 0 saturated carbocycles. The first-order chi connectivity index (χ1) is 13.5. The van der Waals surface area contributed by atoms with Gasteiger partial charge < -0.3 is 15.2 Å². The van der Waals surface area contributed by atoms with Gasteiger partial charge in [0.1, 0.15) is 11.6 Å². The van der Waals surface area contributed by atoms with Crippen LogP contribution in [-0.4, -0.2) is 45.2 Å². The number of H-pyrrole nitrogens is 1. The summed E-state index contributed by atoms with van der Waals surface area (Å²) in [5.41, 5.74) is 0.0362. The van der Waals surface area contributed by atoms with Crippen molar-refractivity contribution in [1.29, 1.82) is 0 Å². The number of pyridine rings is 1. The number of likely N-dealkylation sites (tertiary alicyclic amines) is 1. The maximum absolute atomic E-state index is 13.5. The molecule has 1 fully saturated rings. The van der Waals surface area contributed by atoms with Crippen molar-refractivity contribution < 1.29 is 9.18 Å². The fourth-order valence-electron chi connectivity index (χ4n) is 3.79. The van der Waals surface area contributed by atoms with E-state index in [1.807, 2.05) is 4.68 Å². The molecule has 1 aliphatic heterocycles. The number of halogens is 1. The first kappa shape index (κ1) is 18.4. The average molecular weight is 383 g/mol. The van der Waals surface area contributed by atoms with E-state index < -0.39 is 17.3 Å². The van der Waals surface area contributed by atoms with Gasteiger partial charge in [0.2, 0.25) is 5.56 Å². The minimum Gasteiger partial charge on any atom is -0.322 e. The van der Waals surface area contributed by atoms with Crippen LogP contribution < -0.4 is 10.9 Å². The molecule has 1 amide bonds. The monoisotopic (exact) mass is 383 g/mol. The highest BCUT2D eigenvalue weighted by molar-refractivity contribution is 6.11. The molecule has 3 heterocycles. The van der Waals surface area contributed by atoms with Crippen molar-refractivity contribution in [1.82, 2.24) is 19.7 Å². The third-order valence-corrected chi connectivity index (χ3v) is 5.31. The summed E-state index contributed by atoms with van der Waals surface area (Å²) in [5, 5.41) is 7.75. The number of nitrogens with zero attached hydrogens (tertiary/aromatic N) is 3. The van der Waals surface area contributed by atoms with Crippen molar-refractivity contribution >= 4 is 22.6 Å². The molecule has 1 saturated heterocycles. The van der Waals surface area contributed by atoms with Gasteiger partial charge in [0.15, 0.2) is 0 Å². The number of benzene rings is 1. The number of aromatic nitrogens is 3. The summed E-state index contributed by atoms with van der Waals surface area (Å²) in [6.07, 6.45) is 3.59. The van der Waals surface area contributed by atoms with Crippen LogP contribution in [0.1, 0.15) is 36.2 Å². The van der Waals surface area contributed by atoms with Crippen LogP contribution in [-0.2, 0) is 0 Å². The molecule has 0 unspecified atom stereocenters. The van der Waals surface area contributed by atoms with Crippen LogP contribution in [0.3, 0.4) is 0 Å². The number of nitrogens with one attached hydrogen (secondary N) is 2. The van der Waals surface area contributed by atoms with Crippen molar-refractivity contribution in [3.8, 4) is 0 Å². The molecule has 28 heavy (non-hydrogen) atoms. The zero-order valence-corrected chi connectivity index (χ0v) is 15.6. The standard InChI is InChI=1S/C20H22FN5O2/c1-2-25-9-6-14(7-10-25)26-18(5-8-22-26)24-20(28)16-12-19(27)23-17-11-13(21)3-4-15(16)17/h3-5,8,11-12,14H,2,6-7,9-10H2,1H3,(H,23,27)(H,24,28). The summed E-state index contributed by atoms with van der Waals surface area (Å²) in [5.74, 6) is -0.303. The number of rotatable bonds is 4. The van der Waals surface area contributed by atoms with E-state index in [0.29, 0.717) is 11.2 Å². The summed E-state index contributed by atoms with van der Waals surface area (Å²) in [7, 11) is 0. The minimum absolute atomic E-state index is 0.201. The van der Waals surface area contributed by atoms with E-state index in [1.165, 1.54) is 24.3 Å². The van der Waals surface area contributed by atoms with E-state index in [2.05, 4.69) is 27.2 Å². The quantitative estimate of drug-likeness (QED) is 0.726. The summed E-state index contributed by atoms with van der Waals surface area (Å²) in [6.45, 7) is 5.18. The van der Waals surface area contributed by atoms with Crippen LogP contribution in [0, 0.1) is 5.82 Å². The van der Waals surface area contributed by atoms with Gasteiger partial charge in [-0.25, -0.2) is 9.07 Å². The molecule has 0 atom stereocenters. The Morgan fingerprint density at radius 1 is 1.29 bits per heavy atom. The van der Waals surface area contributed by atoms with Gasteiger partial charge in [-0.3, -0.25) is 9.59 Å². The Bertz CT molecular complexity index is 1070. The number of carbonyl (C=O) groups excluding carboxylic acids is 1. The lowest BCUT2D eigenvalue weighted by Crippen LogP contribution is -2.35. The first-order valence-electron chi connectivity index (χ1n) is 9.45. The molecule has 2 aromatic heterocycles. The maximum Gasteiger partial charge on any atom is 0.257 e. The van der Waals surface area contributed by atoms with Crippen LogP contribution in [0.4, 0.5) is 10.2 Å². The van der Waals surface area contributed by atoms with Crippen molar-refractivity contribution in [2.45, 2.75) is 25.8 Å². The van der Waals surface area contributed by atoms with E-state index in [-0.39, 0.29) is 17.1 Å². The van der Waals surface area contributed by atoms with Crippen molar-refractivity contribution in [2.24, 2.45) is 0 Å². The van der Waals surface area contributed by atoms with Crippen LogP contribution in [0.5, 0.6) is 0 Å². The molecule has 4 rings (SSSR count). The van der Waals surface area contributed by atoms with Gasteiger partial charge >= 0.3 is 0 Å². The Morgan fingerprint density at radius 2 is 2.07 bits per heavy atom. The van der Waals surface area contributed by atoms with E-state index in [9.17, 15) is 14.0 Å². The second-order valence-electron chi connectivity index (χ2n) is 7.02. The molecule has 0 spiro atoms. The molecular weight excluding hydrogens is 361 g/mol. The molecule has 3 aromatic rings. The molecule has 0 bridgehead atoms. The number of amides is 1. The Labute approximate surface area is 161 Å². The average Bonchev–Trinajstić information content (AvgIpc) is 3.15. The van der Waals surface area contributed by atoms with E-state index >= 15 is 0 Å². The number of carbonyl (C=O) groups is 1. The summed E-state index contributed by atoms with van der Waals surface area (Å²) in [4.78, 5) is 29.8.